The molecule has 274 valence electrons. The first-order valence-electron chi connectivity index (χ1n) is 20.4. The van der Waals surface area contributed by atoms with Crippen molar-refractivity contribution in [2.75, 3.05) is 6.61 Å². The van der Waals surface area contributed by atoms with Gasteiger partial charge in [0, 0.05) is 6.42 Å². The van der Waals surface area contributed by atoms with Crippen molar-refractivity contribution in [3.63, 3.8) is 0 Å². The largest absolute Gasteiger partial charge is 0.394 e. The van der Waals surface area contributed by atoms with Crippen LogP contribution in [0.4, 0.5) is 0 Å². The molecule has 0 saturated carbocycles. The third-order valence-corrected chi connectivity index (χ3v) is 9.02. The zero-order valence-corrected chi connectivity index (χ0v) is 31.3. The third kappa shape index (κ3) is 35.5. The summed E-state index contributed by atoms with van der Waals surface area (Å²) in [5.41, 5.74) is 0. The normalized spacial score (nSPS) is 13.5. The predicted octanol–water partition coefficient (Wildman–Crippen LogP) is 12.4. The minimum absolute atomic E-state index is 0.0902. The number of allylic oxidation sites excluding steroid dienone is 7. The molecule has 4 heteroatoms. The average molecular weight is 658 g/mol. The minimum atomic E-state index is -0.867. The number of nitrogens with one attached hydrogen (secondary N) is 1. The van der Waals surface area contributed by atoms with Gasteiger partial charge in [-0.1, -0.05) is 184 Å². The van der Waals surface area contributed by atoms with Gasteiger partial charge in [-0.25, -0.2) is 0 Å². The highest BCUT2D eigenvalue weighted by Gasteiger charge is 2.17. The summed E-state index contributed by atoms with van der Waals surface area (Å²) in [6.45, 7) is 4.22. The van der Waals surface area contributed by atoms with Crippen LogP contribution in [-0.4, -0.2) is 34.9 Å². The SMILES string of the molecule is CCC/C=C\C/C=C\CCCCCCCC(=O)NC(CO)C(O)/C=C/CC/C=C/CCCCCCCCCCCCCCCCCC. The van der Waals surface area contributed by atoms with Crippen LogP contribution in [0.2, 0.25) is 0 Å². The Labute approximate surface area is 293 Å². The maximum absolute atomic E-state index is 12.3. The number of aliphatic hydroxyl groups excluding tert-OH is 2. The highest BCUT2D eigenvalue weighted by Crippen LogP contribution is 2.14. The van der Waals surface area contributed by atoms with E-state index in [-0.39, 0.29) is 12.5 Å². The molecule has 0 aliphatic rings. The van der Waals surface area contributed by atoms with E-state index in [1.807, 2.05) is 6.08 Å². The lowest BCUT2D eigenvalue weighted by molar-refractivity contribution is -0.123. The lowest BCUT2D eigenvalue weighted by Crippen LogP contribution is -2.45. The second kappa shape index (κ2) is 38.8. The molecule has 3 N–H and O–H groups in total. The first-order chi connectivity index (χ1) is 23.2. The van der Waals surface area contributed by atoms with Gasteiger partial charge in [0.1, 0.15) is 0 Å². The summed E-state index contributed by atoms with van der Waals surface area (Å²) in [4.78, 5) is 12.3. The van der Waals surface area contributed by atoms with Gasteiger partial charge in [-0.3, -0.25) is 4.79 Å². The molecule has 47 heavy (non-hydrogen) atoms. The maximum Gasteiger partial charge on any atom is 0.220 e. The van der Waals surface area contributed by atoms with Crippen molar-refractivity contribution in [1.29, 1.82) is 0 Å². The van der Waals surface area contributed by atoms with Crippen molar-refractivity contribution in [2.45, 2.75) is 212 Å². The van der Waals surface area contributed by atoms with Gasteiger partial charge in [0.15, 0.2) is 0 Å². The molecule has 0 aromatic heterocycles. The summed E-state index contributed by atoms with van der Waals surface area (Å²) in [5.74, 6) is -0.0902. The topological polar surface area (TPSA) is 69.6 Å². The number of rotatable bonds is 36. The van der Waals surface area contributed by atoms with Crippen LogP contribution in [0.1, 0.15) is 200 Å². The Kier molecular flexibility index (Phi) is 37.4. The number of carbonyl (C=O) groups excluding carboxylic acids is 1. The minimum Gasteiger partial charge on any atom is -0.394 e. The smallest absolute Gasteiger partial charge is 0.220 e. The molecule has 0 aromatic carbocycles. The van der Waals surface area contributed by atoms with Crippen molar-refractivity contribution in [3.8, 4) is 0 Å². The zero-order valence-electron chi connectivity index (χ0n) is 31.3. The highest BCUT2D eigenvalue weighted by atomic mass is 16.3. The van der Waals surface area contributed by atoms with Crippen molar-refractivity contribution in [1.82, 2.24) is 5.32 Å². The molecule has 0 aliphatic heterocycles. The summed E-state index contributed by atoms with van der Waals surface area (Å²) in [7, 11) is 0. The van der Waals surface area contributed by atoms with Crippen LogP contribution in [0.5, 0.6) is 0 Å². The van der Waals surface area contributed by atoms with E-state index in [4.69, 9.17) is 0 Å². The maximum atomic E-state index is 12.3. The summed E-state index contributed by atoms with van der Waals surface area (Å²) < 4.78 is 0. The number of aliphatic hydroxyl groups is 2. The van der Waals surface area contributed by atoms with Crippen LogP contribution >= 0.6 is 0 Å². The number of amides is 1. The van der Waals surface area contributed by atoms with E-state index in [2.05, 4.69) is 55.6 Å². The van der Waals surface area contributed by atoms with Crippen molar-refractivity contribution in [3.05, 3.63) is 48.6 Å². The van der Waals surface area contributed by atoms with E-state index in [9.17, 15) is 15.0 Å². The van der Waals surface area contributed by atoms with Crippen molar-refractivity contribution in [2.24, 2.45) is 0 Å². The van der Waals surface area contributed by atoms with E-state index in [1.54, 1.807) is 6.08 Å². The zero-order chi connectivity index (χ0) is 34.3. The van der Waals surface area contributed by atoms with E-state index in [0.29, 0.717) is 6.42 Å². The Hall–Kier alpha value is -1.65. The van der Waals surface area contributed by atoms with Gasteiger partial charge in [-0.2, -0.15) is 0 Å². The lowest BCUT2D eigenvalue weighted by Gasteiger charge is -2.19. The molecule has 0 saturated heterocycles. The van der Waals surface area contributed by atoms with Crippen LogP contribution in [0.15, 0.2) is 48.6 Å². The van der Waals surface area contributed by atoms with E-state index >= 15 is 0 Å². The Balaban J connectivity index is 3.63. The molecule has 2 atom stereocenters. The van der Waals surface area contributed by atoms with Crippen LogP contribution < -0.4 is 5.32 Å². The highest BCUT2D eigenvalue weighted by molar-refractivity contribution is 5.76. The monoisotopic (exact) mass is 658 g/mol. The first kappa shape index (κ1) is 45.3. The molecule has 0 rings (SSSR count). The fraction of sp³-hybridized carbons (Fsp3) is 0.791. The third-order valence-electron chi connectivity index (χ3n) is 9.02. The molecule has 4 nitrogen and oxygen atoms in total. The van der Waals surface area contributed by atoms with Crippen LogP contribution in [-0.2, 0) is 4.79 Å². The standard InChI is InChI=1S/C43H79NO3/c1-3-5-7-9-11-13-15-17-18-19-20-21-22-23-24-25-27-28-30-32-34-36-38-42(46)41(40-45)44-43(47)39-37-35-33-31-29-26-16-14-12-10-8-6-4-2/h8,10,14,16,28,30,36,38,41-42,45-46H,3-7,9,11-13,15,17-27,29,31-35,37,39-40H2,1-2H3,(H,44,47)/b10-8-,16-14-,30-28+,38-36+. The van der Waals surface area contributed by atoms with Crippen LogP contribution in [0.25, 0.3) is 0 Å². The van der Waals surface area contributed by atoms with Crippen molar-refractivity contribution < 1.29 is 15.0 Å². The number of carbonyl (C=O) groups is 1. The molecule has 0 bridgehead atoms. The predicted molar refractivity (Wildman–Crippen MR) is 207 cm³/mol. The Morgan fingerprint density at radius 3 is 1.45 bits per heavy atom. The molecular weight excluding hydrogens is 578 g/mol. The van der Waals surface area contributed by atoms with Gasteiger partial charge in [-0.05, 0) is 57.8 Å². The van der Waals surface area contributed by atoms with Crippen LogP contribution in [0.3, 0.4) is 0 Å². The first-order valence-corrected chi connectivity index (χ1v) is 20.4. The average Bonchev–Trinajstić information content (AvgIpc) is 3.07. The number of hydrogen-bond donors (Lipinski definition) is 3. The molecular formula is C43H79NO3. The Bertz CT molecular complexity index is 756. The number of hydrogen-bond acceptors (Lipinski definition) is 3. The van der Waals surface area contributed by atoms with Gasteiger partial charge in [-0.15, -0.1) is 0 Å². The van der Waals surface area contributed by atoms with Gasteiger partial charge >= 0.3 is 0 Å². The molecule has 2 unspecified atom stereocenters. The fourth-order valence-electron chi connectivity index (χ4n) is 5.88. The summed E-state index contributed by atoms with van der Waals surface area (Å²) in [6.07, 6.45) is 52.1. The molecule has 0 spiro atoms. The van der Waals surface area contributed by atoms with Gasteiger partial charge in [0.05, 0.1) is 18.8 Å². The van der Waals surface area contributed by atoms with Gasteiger partial charge in [0.2, 0.25) is 5.91 Å². The fourth-order valence-corrected chi connectivity index (χ4v) is 5.88. The number of unbranched alkanes of at least 4 members (excludes halogenated alkanes) is 23. The van der Waals surface area contributed by atoms with Gasteiger partial charge in [0.25, 0.3) is 0 Å². The summed E-state index contributed by atoms with van der Waals surface area (Å²) in [5, 5.41) is 22.9. The van der Waals surface area contributed by atoms with E-state index < -0.39 is 12.1 Å². The van der Waals surface area contributed by atoms with E-state index in [1.165, 1.54) is 128 Å². The second-order valence-corrected chi connectivity index (χ2v) is 13.7. The van der Waals surface area contributed by atoms with Crippen LogP contribution in [0, 0.1) is 0 Å². The summed E-state index contributed by atoms with van der Waals surface area (Å²) in [6, 6.07) is -0.646. The molecule has 0 aromatic rings. The molecule has 0 aliphatic carbocycles. The van der Waals surface area contributed by atoms with E-state index in [0.717, 1.165) is 51.4 Å². The molecule has 1 amide bonds. The Morgan fingerprint density at radius 1 is 0.511 bits per heavy atom. The molecule has 0 fully saturated rings. The summed E-state index contributed by atoms with van der Waals surface area (Å²) >= 11 is 0. The molecule has 0 radical (unpaired) electrons. The lowest BCUT2D eigenvalue weighted by atomic mass is 10.0. The molecule has 0 heterocycles. The quantitative estimate of drug-likeness (QED) is 0.0464. The van der Waals surface area contributed by atoms with Crippen molar-refractivity contribution >= 4 is 5.91 Å². The Morgan fingerprint density at radius 2 is 0.936 bits per heavy atom. The second-order valence-electron chi connectivity index (χ2n) is 13.7. The van der Waals surface area contributed by atoms with Gasteiger partial charge < -0.3 is 15.5 Å².